The molecule has 1 spiro atoms. The topological polar surface area (TPSA) is 125 Å². The number of ether oxygens (including phenoxy) is 2. The zero-order valence-electron chi connectivity index (χ0n) is 23.0. The van der Waals surface area contributed by atoms with Crippen molar-refractivity contribution >= 4 is 56.9 Å². The number of halogens is 2. The number of rotatable bonds is 3. The highest BCUT2D eigenvalue weighted by Crippen LogP contribution is 2.59. The molecule has 3 amide bonds. The Balaban J connectivity index is 1.67. The lowest BCUT2D eigenvalue weighted by atomic mass is 9.74. The smallest absolute Gasteiger partial charge is 0.313 e. The Morgan fingerprint density at radius 1 is 1.22 bits per heavy atom. The summed E-state index contributed by atoms with van der Waals surface area (Å²) in [5.41, 5.74) is -0.259. The number of fused-ring (bicyclic) bond motifs is 2. The number of amides is 3. The Labute approximate surface area is 251 Å². The predicted octanol–water partition coefficient (Wildman–Crippen LogP) is 2.63. The van der Waals surface area contributed by atoms with Gasteiger partial charge in [-0.2, -0.15) is 0 Å². The van der Waals surface area contributed by atoms with Crippen molar-refractivity contribution in [1.29, 1.82) is 0 Å². The fourth-order valence-electron chi connectivity index (χ4n) is 6.35. The van der Waals surface area contributed by atoms with Gasteiger partial charge in [-0.25, -0.2) is 0 Å². The van der Waals surface area contributed by atoms with Crippen LogP contribution in [0.2, 0.25) is 5.02 Å². The first kappa shape index (κ1) is 29.8. The van der Waals surface area contributed by atoms with Crippen LogP contribution >= 0.6 is 27.5 Å². The zero-order valence-corrected chi connectivity index (χ0v) is 25.4. The predicted molar refractivity (Wildman–Crippen MR) is 154 cm³/mol. The molecule has 5 bridgehead atoms. The first-order valence-electron chi connectivity index (χ1n) is 13.7. The van der Waals surface area contributed by atoms with Gasteiger partial charge in [0.25, 0.3) is 5.91 Å². The van der Waals surface area contributed by atoms with E-state index in [1.165, 1.54) is 9.80 Å². The Bertz CT molecular complexity index is 1310. The molecule has 7 atom stereocenters. The number of benzene rings is 1. The number of carbonyl (C=O) groups excluding carboxylic acids is 4. The molecule has 0 aliphatic carbocycles. The molecule has 10 nitrogen and oxygen atoms in total. The maximum Gasteiger partial charge on any atom is 0.313 e. The van der Waals surface area contributed by atoms with Gasteiger partial charge in [-0.3, -0.25) is 19.2 Å². The van der Waals surface area contributed by atoms with E-state index in [0.29, 0.717) is 21.6 Å². The molecule has 220 valence electrons. The standard InChI is InChI=1S/C29H33BrClN3O7/c1-15-8-7-9-19(31)23(15)33-11-6-4-5-10-20(36)32-13-17(3)40-28(39)21-22-26(37)34(16(2)14-35)25(27(33)38)29(22)12-18(30)24(21)41-29/h4,6-9,12,16-17,21-22,24-25,35H,5,10-11,13-14H2,1-3H3,(H,32,36)/b6-4-/t16-,17+,21-,22+,24-,25-,29+/m1/s1. The van der Waals surface area contributed by atoms with Gasteiger partial charge < -0.3 is 29.7 Å². The molecule has 0 aromatic heterocycles. The number of aliphatic hydroxyl groups is 1. The second kappa shape index (κ2) is 11.5. The van der Waals surface area contributed by atoms with Crippen LogP contribution in [0.3, 0.4) is 0 Å². The van der Waals surface area contributed by atoms with E-state index < -0.39 is 66.1 Å². The van der Waals surface area contributed by atoms with E-state index in [1.54, 1.807) is 38.1 Å². The summed E-state index contributed by atoms with van der Waals surface area (Å²) >= 11 is 10.2. The van der Waals surface area contributed by atoms with Gasteiger partial charge in [0.05, 0.1) is 35.8 Å². The highest BCUT2D eigenvalue weighted by molar-refractivity contribution is 9.11. The molecule has 1 aromatic rings. The van der Waals surface area contributed by atoms with Gasteiger partial charge >= 0.3 is 5.97 Å². The molecule has 41 heavy (non-hydrogen) atoms. The molecule has 0 unspecified atom stereocenters. The van der Waals surface area contributed by atoms with Crippen molar-refractivity contribution in [2.75, 3.05) is 24.6 Å². The lowest BCUT2D eigenvalue weighted by molar-refractivity contribution is -0.159. The van der Waals surface area contributed by atoms with Crippen molar-refractivity contribution in [2.45, 2.75) is 63.5 Å². The van der Waals surface area contributed by atoms with Gasteiger partial charge in [-0.1, -0.05) is 51.8 Å². The summed E-state index contributed by atoms with van der Waals surface area (Å²) in [5, 5.41) is 13.3. The first-order chi connectivity index (χ1) is 19.5. The number of allylic oxidation sites excluding steroid dienone is 1. The van der Waals surface area contributed by atoms with E-state index >= 15 is 0 Å². The number of likely N-dealkylation sites (tertiary alicyclic amines) is 1. The van der Waals surface area contributed by atoms with Crippen molar-refractivity contribution in [3.8, 4) is 0 Å². The van der Waals surface area contributed by atoms with Crippen molar-refractivity contribution in [1.82, 2.24) is 10.2 Å². The number of hydrogen-bond acceptors (Lipinski definition) is 7. The van der Waals surface area contributed by atoms with Gasteiger partial charge in [-0.15, -0.1) is 0 Å². The number of aryl methyl sites for hydroxylation is 1. The quantitative estimate of drug-likeness (QED) is 0.381. The Morgan fingerprint density at radius 3 is 2.68 bits per heavy atom. The minimum absolute atomic E-state index is 0.106. The molecule has 4 aliphatic rings. The van der Waals surface area contributed by atoms with Crippen LogP contribution in [0.5, 0.6) is 0 Å². The van der Waals surface area contributed by atoms with Crippen LogP contribution in [0, 0.1) is 18.8 Å². The van der Waals surface area contributed by atoms with Crippen LogP contribution in [-0.2, 0) is 28.7 Å². The minimum atomic E-state index is -1.48. The van der Waals surface area contributed by atoms with Gasteiger partial charge in [0.1, 0.15) is 29.8 Å². The molecule has 5 rings (SSSR count). The number of anilines is 1. The summed E-state index contributed by atoms with van der Waals surface area (Å²) < 4.78 is 12.7. The summed E-state index contributed by atoms with van der Waals surface area (Å²) in [6.45, 7) is 4.96. The maximum atomic E-state index is 14.7. The van der Waals surface area contributed by atoms with Crippen LogP contribution in [-0.4, -0.2) is 83.3 Å². The van der Waals surface area contributed by atoms with Crippen LogP contribution < -0.4 is 10.2 Å². The van der Waals surface area contributed by atoms with E-state index in [-0.39, 0.29) is 25.4 Å². The minimum Gasteiger partial charge on any atom is -0.460 e. The molecule has 4 aliphatic heterocycles. The second-order valence-electron chi connectivity index (χ2n) is 11.0. The lowest BCUT2D eigenvalue weighted by Crippen LogP contribution is -2.58. The lowest BCUT2D eigenvalue weighted by Gasteiger charge is -2.38. The van der Waals surface area contributed by atoms with E-state index in [4.69, 9.17) is 21.1 Å². The van der Waals surface area contributed by atoms with Gasteiger partial charge in [0, 0.05) is 17.4 Å². The van der Waals surface area contributed by atoms with Crippen LogP contribution in [0.1, 0.15) is 32.3 Å². The number of nitrogens with zero attached hydrogens (tertiary/aromatic N) is 2. The molecular formula is C29H33BrClN3O7. The molecular weight excluding hydrogens is 618 g/mol. The van der Waals surface area contributed by atoms with Gasteiger partial charge in [0.2, 0.25) is 11.8 Å². The average Bonchev–Trinajstić information content (AvgIpc) is 3.52. The Hall–Kier alpha value is -2.73. The number of hydrogen-bond donors (Lipinski definition) is 2. The molecule has 4 heterocycles. The number of aliphatic hydroxyl groups excluding tert-OH is 1. The molecule has 2 saturated heterocycles. The summed E-state index contributed by atoms with van der Waals surface area (Å²) in [5.74, 6) is -3.88. The van der Waals surface area contributed by atoms with E-state index in [9.17, 15) is 24.3 Å². The molecule has 0 radical (unpaired) electrons. The molecule has 2 fully saturated rings. The molecule has 2 N–H and O–H groups in total. The van der Waals surface area contributed by atoms with Gasteiger partial charge in [0.15, 0.2) is 0 Å². The molecule has 1 aromatic carbocycles. The largest absolute Gasteiger partial charge is 0.460 e. The fraction of sp³-hybridized carbons (Fsp3) is 0.517. The number of esters is 1. The Kier molecular flexibility index (Phi) is 8.35. The van der Waals surface area contributed by atoms with Crippen molar-refractivity contribution < 1.29 is 33.8 Å². The number of carbonyl (C=O) groups is 4. The summed E-state index contributed by atoms with van der Waals surface area (Å²) in [7, 11) is 0. The second-order valence-corrected chi connectivity index (χ2v) is 12.3. The monoisotopic (exact) mass is 649 g/mol. The number of para-hydroxylation sites is 1. The van der Waals surface area contributed by atoms with E-state index in [2.05, 4.69) is 21.2 Å². The van der Waals surface area contributed by atoms with Crippen LogP contribution in [0.15, 0.2) is 40.9 Å². The van der Waals surface area contributed by atoms with Gasteiger partial charge in [-0.05, 0) is 44.9 Å². The maximum absolute atomic E-state index is 14.7. The van der Waals surface area contributed by atoms with Crippen molar-refractivity contribution in [3.63, 3.8) is 0 Å². The highest BCUT2D eigenvalue weighted by atomic mass is 79.9. The summed E-state index contributed by atoms with van der Waals surface area (Å²) in [4.78, 5) is 57.7. The molecule has 0 saturated carbocycles. The average molecular weight is 651 g/mol. The highest BCUT2D eigenvalue weighted by Gasteiger charge is 2.75. The third kappa shape index (κ3) is 5.00. The molecule has 12 heteroatoms. The summed E-state index contributed by atoms with van der Waals surface area (Å²) in [6, 6.07) is 3.36. The fourth-order valence-corrected chi connectivity index (χ4v) is 7.41. The summed E-state index contributed by atoms with van der Waals surface area (Å²) in [6.07, 6.45) is 4.47. The number of nitrogens with one attached hydrogen (secondary N) is 1. The van der Waals surface area contributed by atoms with E-state index in [0.717, 1.165) is 5.56 Å². The van der Waals surface area contributed by atoms with Crippen LogP contribution in [0.25, 0.3) is 0 Å². The third-order valence-corrected chi connectivity index (χ3v) is 9.22. The van der Waals surface area contributed by atoms with E-state index in [1.807, 2.05) is 19.1 Å². The normalized spacial score (nSPS) is 33.8. The van der Waals surface area contributed by atoms with Crippen molar-refractivity contribution in [2.24, 2.45) is 11.8 Å². The SMILES string of the molecule is Cc1cccc(Cl)c1N1C/C=C\CCC(=O)NC[C@H](C)OC(=O)[C@H]2[C@@H]3O[C@@]4(C=C3Br)[C@@H]2C(=O)N([C@H](C)CO)[C@@H]4C1=O. The Morgan fingerprint density at radius 2 is 1.98 bits per heavy atom. The number of cyclic esters (lactones) is 1. The zero-order chi connectivity index (χ0) is 29.6. The van der Waals surface area contributed by atoms with Crippen LogP contribution in [0.4, 0.5) is 5.69 Å². The first-order valence-corrected chi connectivity index (χ1v) is 14.9. The third-order valence-electron chi connectivity index (χ3n) is 8.23. The van der Waals surface area contributed by atoms with Crippen molar-refractivity contribution in [3.05, 3.63) is 51.5 Å².